The van der Waals surface area contributed by atoms with Crippen molar-refractivity contribution in [3.63, 3.8) is 0 Å². The van der Waals surface area contributed by atoms with E-state index >= 15 is 0 Å². The van der Waals surface area contributed by atoms with Gasteiger partial charge >= 0.3 is 5.97 Å². The van der Waals surface area contributed by atoms with Crippen LogP contribution in [0.1, 0.15) is 16.1 Å². The number of hydrogen-bond donors (Lipinski definition) is 2. The zero-order chi connectivity index (χ0) is 13.0. The quantitative estimate of drug-likeness (QED) is 0.848. The predicted molar refractivity (Wildman–Crippen MR) is 60.5 cm³/mol. The van der Waals surface area contributed by atoms with Crippen LogP contribution in [0.15, 0.2) is 30.7 Å². The molecule has 0 saturated heterocycles. The first-order chi connectivity index (χ1) is 8.65. The van der Waals surface area contributed by atoms with E-state index in [-0.39, 0.29) is 18.1 Å². The van der Waals surface area contributed by atoms with Gasteiger partial charge in [-0.2, -0.15) is 0 Å². The highest BCUT2D eigenvalue weighted by Gasteiger charge is 2.04. The number of aromatic carboxylic acids is 1. The van der Waals surface area contributed by atoms with Gasteiger partial charge in [-0.05, 0) is 12.1 Å². The summed E-state index contributed by atoms with van der Waals surface area (Å²) in [5.74, 6) is -1.29. The van der Waals surface area contributed by atoms with Crippen LogP contribution in [-0.2, 0) is 6.54 Å². The number of carbonyl (C=O) groups is 1. The highest BCUT2D eigenvalue weighted by atomic mass is 19.1. The number of nitrogens with zero attached hydrogens (tertiary/aromatic N) is 3. The van der Waals surface area contributed by atoms with Crippen molar-refractivity contribution in [2.45, 2.75) is 6.54 Å². The second kappa shape index (κ2) is 5.17. The Hall–Kier alpha value is -2.57. The molecule has 18 heavy (non-hydrogen) atoms. The molecular formula is C11H9FN4O2. The van der Waals surface area contributed by atoms with Crippen molar-refractivity contribution in [3.05, 3.63) is 47.8 Å². The summed E-state index contributed by atoms with van der Waals surface area (Å²) in [7, 11) is 0. The Balaban J connectivity index is 2.04. The molecule has 6 nitrogen and oxygen atoms in total. The second-order valence-electron chi connectivity index (χ2n) is 3.42. The zero-order valence-electron chi connectivity index (χ0n) is 9.17. The number of hydrogen-bond acceptors (Lipinski definition) is 5. The van der Waals surface area contributed by atoms with Crippen LogP contribution in [0.25, 0.3) is 0 Å². The minimum atomic E-state index is -1.02. The molecule has 2 aromatic rings. The molecule has 7 heteroatoms. The molecule has 92 valence electrons. The molecule has 2 N–H and O–H groups in total. The number of halogens is 1. The second-order valence-corrected chi connectivity index (χ2v) is 3.42. The molecule has 2 aromatic heterocycles. The Morgan fingerprint density at radius 2 is 2.06 bits per heavy atom. The number of carboxylic acid groups (broad SMARTS) is 1. The van der Waals surface area contributed by atoms with Crippen LogP contribution in [0.2, 0.25) is 0 Å². The van der Waals surface area contributed by atoms with E-state index in [0.29, 0.717) is 5.69 Å². The standard InChI is InChI=1S/C11H9FN4O2/c12-8-4-14-11(15-5-8)16-6-9-3-7(10(17)18)1-2-13-9/h1-5H,6H2,(H,17,18)(H,14,15,16). The van der Waals surface area contributed by atoms with E-state index in [4.69, 9.17) is 5.11 Å². The summed E-state index contributed by atoms with van der Waals surface area (Å²) in [4.78, 5) is 22.2. The third kappa shape index (κ3) is 2.97. The Kier molecular flexibility index (Phi) is 3.42. The van der Waals surface area contributed by atoms with Crippen LogP contribution < -0.4 is 5.32 Å². The molecule has 0 unspecified atom stereocenters. The Morgan fingerprint density at radius 1 is 1.33 bits per heavy atom. The molecule has 0 saturated carbocycles. The molecule has 2 rings (SSSR count). The molecule has 2 heterocycles. The summed E-state index contributed by atoms with van der Waals surface area (Å²) in [6, 6.07) is 2.85. The van der Waals surface area contributed by atoms with Gasteiger partial charge in [0.1, 0.15) is 0 Å². The van der Waals surface area contributed by atoms with E-state index in [1.54, 1.807) is 0 Å². The minimum Gasteiger partial charge on any atom is -0.478 e. The molecule has 0 aliphatic rings. The van der Waals surface area contributed by atoms with Gasteiger partial charge in [-0.3, -0.25) is 4.98 Å². The van der Waals surface area contributed by atoms with Gasteiger partial charge in [0.25, 0.3) is 0 Å². The summed E-state index contributed by atoms with van der Waals surface area (Å²) in [5.41, 5.74) is 0.685. The third-order valence-corrected chi connectivity index (χ3v) is 2.11. The van der Waals surface area contributed by atoms with Gasteiger partial charge in [-0.15, -0.1) is 0 Å². The SMILES string of the molecule is O=C(O)c1ccnc(CNc2ncc(F)cn2)c1. The van der Waals surface area contributed by atoms with Gasteiger partial charge in [0.15, 0.2) is 5.82 Å². The van der Waals surface area contributed by atoms with Gasteiger partial charge in [0, 0.05) is 6.20 Å². The molecule has 0 aromatic carbocycles. The minimum absolute atomic E-state index is 0.154. The number of pyridine rings is 1. The monoisotopic (exact) mass is 248 g/mol. The maximum absolute atomic E-state index is 12.6. The average molecular weight is 248 g/mol. The number of nitrogens with one attached hydrogen (secondary N) is 1. The van der Waals surface area contributed by atoms with Gasteiger partial charge < -0.3 is 10.4 Å². The van der Waals surface area contributed by atoms with Crippen molar-refractivity contribution in [2.24, 2.45) is 0 Å². The molecule has 0 fully saturated rings. The highest BCUT2D eigenvalue weighted by molar-refractivity contribution is 5.87. The van der Waals surface area contributed by atoms with Crippen LogP contribution in [-0.4, -0.2) is 26.0 Å². The highest BCUT2D eigenvalue weighted by Crippen LogP contribution is 2.05. The first-order valence-electron chi connectivity index (χ1n) is 5.05. The van der Waals surface area contributed by atoms with E-state index < -0.39 is 11.8 Å². The van der Waals surface area contributed by atoms with Crippen LogP contribution >= 0.6 is 0 Å². The lowest BCUT2D eigenvalue weighted by molar-refractivity contribution is 0.0696. The van der Waals surface area contributed by atoms with E-state index in [1.807, 2.05) is 0 Å². The summed E-state index contributed by atoms with van der Waals surface area (Å²) in [6.45, 7) is 0.257. The van der Waals surface area contributed by atoms with Crippen molar-refractivity contribution in [1.29, 1.82) is 0 Å². The average Bonchev–Trinajstić information content (AvgIpc) is 2.38. The smallest absolute Gasteiger partial charge is 0.335 e. The first kappa shape index (κ1) is 11.9. The molecular weight excluding hydrogens is 239 g/mol. The number of aromatic nitrogens is 3. The largest absolute Gasteiger partial charge is 0.478 e. The Labute approximate surface area is 102 Å². The molecule has 0 atom stereocenters. The van der Waals surface area contributed by atoms with Crippen LogP contribution in [0.5, 0.6) is 0 Å². The summed E-state index contributed by atoms with van der Waals surface area (Å²) >= 11 is 0. The van der Waals surface area contributed by atoms with E-state index in [9.17, 15) is 9.18 Å². The van der Waals surface area contributed by atoms with E-state index in [2.05, 4.69) is 20.3 Å². The fourth-order valence-electron chi connectivity index (χ4n) is 1.28. The fraction of sp³-hybridized carbons (Fsp3) is 0.0909. The van der Waals surface area contributed by atoms with E-state index in [1.165, 1.54) is 18.3 Å². The van der Waals surface area contributed by atoms with Crippen molar-refractivity contribution in [3.8, 4) is 0 Å². The van der Waals surface area contributed by atoms with Gasteiger partial charge in [-0.1, -0.05) is 0 Å². The number of anilines is 1. The number of rotatable bonds is 4. The van der Waals surface area contributed by atoms with Crippen LogP contribution in [0.3, 0.4) is 0 Å². The van der Waals surface area contributed by atoms with Crippen molar-refractivity contribution < 1.29 is 14.3 Å². The summed E-state index contributed by atoms with van der Waals surface area (Å²) < 4.78 is 12.6. The first-order valence-corrected chi connectivity index (χ1v) is 5.05. The molecule has 0 bridgehead atoms. The van der Waals surface area contributed by atoms with Crippen molar-refractivity contribution in [2.75, 3.05) is 5.32 Å². The molecule has 0 amide bonds. The molecule has 0 aliphatic carbocycles. The van der Waals surface area contributed by atoms with Gasteiger partial charge in [0.05, 0.1) is 30.2 Å². The van der Waals surface area contributed by atoms with Crippen LogP contribution in [0.4, 0.5) is 10.3 Å². The zero-order valence-corrected chi connectivity index (χ0v) is 9.17. The maximum atomic E-state index is 12.6. The predicted octanol–water partition coefficient (Wildman–Crippen LogP) is 1.32. The lowest BCUT2D eigenvalue weighted by Crippen LogP contribution is -2.06. The summed E-state index contributed by atoms with van der Waals surface area (Å²) in [5, 5.41) is 11.6. The maximum Gasteiger partial charge on any atom is 0.335 e. The van der Waals surface area contributed by atoms with Crippen LogP contribution in [0, 0.1) is 5.82 Å². The lowest BCUT2D eigenvalue weighted by atomic mass is 10.2. The topological polar surface area (TPSA) is 88.0 Å². The fourth-order valence-corrected chi connectivity index (χ4v) is 1.28. The molecule has 0 aliphatic heterocycles. The molecule has 0 radical (unpaired) electrons. The van der Waals surface area contributed by atoms with Gasteiger partial charge in [-0.25, -0.2) is 19.2 Å². The van der Waals surface area contributed by atoms with E-state index in [0.717, 1.165) is 12.4 Å². The number of carboxylic acids is 1. The Morgan fingerprint density at radius 3 is 2.72 bits per heavy atom. The third-order valence-electron chi connectivity index (χ3n) is 2.11. The lowest BCUT2D eigenvalue weighted by Gasteiger charge is -2.04. The summed E-state index contributed by atoms with van der Waals surface area (Å²) in [6.07, 6.45) is 3.48. The van der Waals surface area contributed by atoms with Crippen molar-refractivity contribution >= 4 is 11.9 Å². The Bertz CT molecular complexity index is 559. The molecule has 0 spiro atoms. The normalized spacial score (nSPS) is 10.1. The van der Waals surface area contributed by atoms with Crippen molar-refractivity contribution in [1.82, 2.24) is 15.0 Å². The van der Waals surface area contributed by atoms with Gasteiger partial charge in [0.2, 0.25) is 5.95 Å².